The molecule has 0 amide bonds. The molecule has 0 fully saturated rings. The molecule has 0 bridgehead atoms. The third-order valence-corrected chi connectivity index (χ3v) is 8.48. The molecule has 7 rings (SSSR count). The third kappa shape index (κ3) is 3.58. The van der Waals surface area contributed by atoms with Gasteiger partial charge in [-0.25, -0.2) is 4.98 Å². The lowest BCUT2D eigenvalue weighted by atomic mass is 9.93. The van der Waals surface area contributed by atoms with E-state index in [-0.39, 0.29) is 0 Å². The van der Waals surface area contributed by atoms with Gasteiger partial charge >= 0.3 is 0 Å². The van der Waals surface area contributed by atoms with Crippen LogP contribution in [0.25, 0.3) is 53.6 Å². The standard InChI is InChI=1S/C31H27N5S/c1-16(2)24-14-23-21-8-7-18(11-22(21)28-30(29(23)35-24)33-10-9-32-28)19-5-6-20-13-27(37-26(20)12-19)25-15-34-31(36-25)17(3)4/h5-13,15-17H,14H2,1-4H3,(H,34,36). The summed E-state index contributed by atoms with van der Waals surface area (Å²) in [5.41, 5.74) is 8.78. The molecule has 4 heterocycles. The van der Waals surface area contributed by atoms with Gasteiger partial charge in [-0.15, -0.1) is 11.3 Å². The van der Waals surface area contributed by atoms with E-state index in [0.717, 1.165) is 40.0 Å². The van der Waals surface area contributed by atoms with E-state index in [4.69, 9.17) is 15.0 Å². The van der Waals surface area contributed by atoms with E-state index < -0.39 is 0 Å². The number of hydrogen-bond donors (Lipinski definition) is 1. The summed E-state index contributed by atoms with van der Waals surface area (Å²) < 4.78 is 1.27. The zero-order valence-electron chi connectivity index (χ0n) is 21.3. The molecule has 3 aromatic heterocycles. The first kappa shape index (κ1) is 22.3. The van der Waals surface area contributed by atoms with Crippen molar-refractivity contribution in [2.24, 2.45) is 10.9 Å². The number of fused-ring (bicyclic) bond motifs is 7. The van der Waals surface area contributed by atoms with Crippen LogP contribution in [-0.2, 0) is 6.42 Å². The zero-order valence-corrected chi connectivity index (χ0v) is 22.1. The molecule has 37 heavy (non-hydrogen) atoms. The van der Waals surface area contributed by atoms with E-state index in [9.17, 15) is 0 Å². The van der Waals surface area contributed by atoms with Gasteiger partial charge in [0, 0.05) is 40.5 Å². The Hall–Kier alpha value is -3.90. The fourth-order valence-electron chi connectivity index (χ4n) is 5.26. The Kier molecular flexibility index (Phi) is 5.01. The van der Waals surface area contributed by atoms with Crippen LogP contribution < -0.4 is 0 Å². The van der Waals surface area contributed by atoms with Crippen LogP contribution in [0.4, 0.5) is 5.69 Å². The second-order valence-corrected chi connectivity index (χ2v) is 11.6. The van der Waals surface area contributed by atoms with Gasteiger partial charge in [-0.2, -0.15) is 0 Å². The summed E-state index contributed by atoms with van der Waals surface area (Å²) in [6.45, 7) is 8.73. The highest BCUT2D eigenvalue weighted by Gasteiger charge is 2.24. The molecule has 6 heteroatoms. The predicted molar refractivity (Wildman–Crippen MR) is 155 cm³/mol. The van der Waals surface area contributed by atoms with Crippen molar-refractivity contribution in [3.63, 3.8) is 0 Å². The van der Waals surface area contributed by atoms with E-state index in [2.05, 4.69) is 80.1 Å². The Morgan fingerprint density at radius 1 is 0.811 bits per heavy atom. The van der Waals surface area contributed by atoms with Gasteiger partial charge in [-0.05, 0) is 51.6 Å². The van der Waals surface area contributed by atoms with Crippen LogP contribution in [0.5, 0.6) is 0 Å². The van der Waals surface area contributed by atoms with Crippen LogP contribution >= 0.6 is 11.3 Å². The maximum atomic E-state index is 4.99. The summed E-state index contributed by atoms with van der Waals surface area (Å²) in [4.78, 5) is 23.7. The SMILES string of the molecule is CC(C)C1=Nc2c(c3ccc(-c4ccc5cc(-c6cnc(C(C)C)[nH]6)sc5c4)cc3c3nccnc23)C1. The monoisotopic (exact) mass is 501 g/mol. The number of hydrogen-bond acceptors (Lipinski definition) is 5. The predicted octanol–water partition coefficient (Wildman–Crippen LogP) is 8.46. The average molecular weight is 502 g/mol. The summed E-state index contributed by atoms with van der Waals surface area (Å²) in [6.07, 6.45) is 6.38. The van der Waals surface area contributed by atoms with Crippen molar-refractivity contribution in [3.8, 4) is 21.7 Å². The number of imidazole rings is 1. The summed E-state index contributed by atoms with van der Waals surface area (Å²) in [6, 6.07) is 15.7. The molecule has 5 nitrogen and oxygen atoms in total. The fourth-order valence-corrected chi connectivity index (χ4v) is 6.32. The molecule has 0 radical (unpaired) electrons. The number of H-pyrrole nitrogens is 1. The van der Waals surface area contributed by atoms with Gasteiger partial charge in [0.25, 0.3) is 0 Å². The van der Waals surface area contributed by atoms with Gasteiger partial charge in [0.05, 0.1) is 28.0 Å². The quantitative estimate of drug-likeness (QED) is 0.246. The van der Waals surface area contributed by atoms with Gasteiger partial charge in [0.2, 0.25) is 0 Å². The number of aromatic amines is 1. The van der Waals surface area contributed by atoms with Gasteiger partial charge in [-0.3, -0.25) is 15.0 Å². The van der Waals surface area contributed by atoms with E-state index in [1.807, 2.05) is 6.20 Å². The highest BCUT2D eigenvalue weighted by Crippen LogP contribution is 2.42. The molecule has 1 aliphatic heterocycles. The van der Waals surface area contributed by atoms with E-state index in [1.165, 1.54) is 42.8 Å². The van der Waals surface area contributed by atoms with Crippen LogP contribution in [0, 0.1) is 5.92 Å². The summed E-state index contributed by atoms with van der Waals surface area (Å²) in [5.74, 6) is 1.82. The second kappa shape index (κ2) is 8.32. The third-order valence-electron chi connectivity index (χ3n) is 7.35. The lowest BCUT2D eigenvalue weighted by Crippen LogP contribution is -2.06. The Balaban J connectivity index is 1.34. The smallest absolute Gasteiger partial charge is 0.115 e. The molecular formula is C31H27N5S. The maximum Gasteiger partial charge on any atom is 0.115 e. The Bertz CT molecular complexity index is 1870. The largest absolute Gasteiger partial charge is 0.341 e. The highest BCUT2D eigenvalue weighted by molar-refractivity contribution is 7.22. The molecule has 6 aromatic rings. The molecule has 0 atom stereocenters. The van der Waals surface area contributed by atoms with E-state index >= 15 is 0 Å². The lowest BCUT2D eigenvalue weighted by molar-refractivity contribution is 0.795. The Morgan fingerprint density at radius 3 is 2.38 bits per heavy atom. The minimum absolute atomic E-state index is 0.383. The number of aromatic nitrogens is 4. The molecule has 0 spiro atoms. The average Bonchev–Trinajstić information content (AvgIpc) is 3.66. The second-order valence-electron chi connectivity index (χ2n) is 10.5. The maximum absolute atomic E-state index is 4.99. The van der Waals surface area contributed by atoms with E-state index in [1.54, 1.807) is 23.7 Å². The molecule has 0 saturated carbocycles. The van der Waals surface area contributed by atoms with Gasteiger partial charge in [0.1, 0.15) is 11.3 Å². The van der Waals surface area contributed by atoms with Gasteiger partial charge in [-0.1, -0.05) is 52.0 Å². The van der Waals surface area contributed by atoms with Crippen molar-refractivity contribution >= 4 is 54.6 Å². The minimum atomic E-state index is 0.383. The van der Waals surface area contributed by atoms with Gasteiger partial charge in [0.15, 0.2) is 0 Å². The molecule has 3 aromatic carbocycles. The molecular weight excluding hydrogens is 474 g/mol. The van der Waals surface area contributed by atoms with Crippen molar-refractivity contribution in [3.05, 3.63) is 72.4 Å². The van der Waals surface area contributed by atoms with Crippen molar-refractivity contribution in [2.45, 2.75) is 40.0 Å². The lowest BCUT2D eigenvalue weighted by Gasteiger charge is -2.11. The molecule has 0 saturated heterocycles. The number of rotatable bonds is 4. The first-order valence-electron chi connectivity index (χ1n) is 12.8. The number of nitrogens with one attached hydrogen (secondary N) is 1. The summed E-state index contributed by atoms with van der Waals surface area (Å²) >= 11 is 1.80. The number of thiophene rings is 1. The first-order valence-corrected chi connectivity index (χ1v) is 13.6. The molecule has 0 aliphatic carbocycles. The summed E-state index contributed by atoms with van der Waals surface area (Å²) in [5, 5.41) is 3.62. The topological polar surface area (TPSA) is 66.8 Å². The van der Waals surface area contributed by atoms with Crippen molar-refractivity contribution in [1.82, 2.24) is 19.9 Å². The van der Waals surface area contributed by atoms with Crippen molar-refractivity contribution in [1.29, 1.82) is 0 Å². The first-order chi connectivity index (χ1) is 18.0. The number of nitrogens with zero attached hydrogens (tertiary/aromatic N) is 4. The Labute approximate surface area is 219 Å². The molecule has 0 unspecified atom stereocenters. The van der Waals surface area contributed by atoms with Crippen LogP contribution in [-0.4, -0.2) is 25.6 Å². The normalized spacial score (nSPS) is 13.4. The fraction of sp³-hybridized carbons (Fsp3) is 0.226. The molecule has 182 valence electrons. The van der Waals surface area contributed by atoms with Crippen LogP contribution in [0.3, 0.4) is 0 Å². The summed E-state index contributed by atoms with van der Waals surface area (Å²) in [7, 11) is 0. The number of aliphatic imine (C=N–C) groups is 1. The Morgan fingerprint density at radius 2 is 1.59 bits per heavy atom. The van der Waals surface area contributed by atoms with Crippen LogP contribution in [0.15, 0.2) is 66.0 Å². The molecule has 1 N–H and O–H groups in total. The van der Waals surface area contributed by atoms with Crippen LogP contribution in [0.2, 0.25) is 0 Å². The van der Waals surface area contributed by atoms with Gasteiger partial charge < -0.3 is 4.98 Å². The van der Waals surface area contributed by atoms with E-state index in [0.29, 0.717) is 11.8 Å². The highest BCUT2D eigenvalue weighted by atomic mass is 32.1. The number of benzene rings is 3. The minimum Gasteiger partial charge on any atom is -0.341 e. The molecule has 1 aliphatic rings. The van der Waals surface area contributed by atoms with Crippen LogP contribution in [0.1, 0.15) is 45.0 Å². The van der Waals surface area contributed by atoms with Crippen molar-refractivity contribution < 1.29 is 0 Å². The zero-order chi connectivity index (χ0) is 25.3. The van der Waals surface area contributed by atoms with Crippen molar-refractivity contribution in [2.75, 3.05) is 0 Å².